The molecule has 1 rings (SSSR count). The van der Waals surface area contributed by atoms with Gasteiger partial charge in [0.15, 0.2) is 0 Å². The van der Waals surface area contributed by atoms with Gasteiger partial charge in [0.05, 0.1) is 0 Å². The maximum Gasteiger partial charge on any atom is 0.411 e. The SMILES string of the molecule is O=C(O)Nc1ccccc1.OCC(F)(F)F. The van der Waals surface area contributed by atoms with Crippen LogP contribution < -0.4 is 5.32 Å². The molecule has 90 valence electrons. The summed E-state index contributed by atoms with van der Waals surface area (Å²) in [6, 6.07) is 8.74. The Morgan fingerprint density at radius 2 is 1.69 bits per heavy atom. The summed E-state index contributed by atoms with van der Waals surface area (Å²) in [6.45, 7) is -1.73. The normalized spacial score (nSPS) is 10.0. The molecule has 0 unspecified atom stereocenters. The van der Waals surface area contributed by atoms with Crippen LogP contribution >= 0.6 is 0 Å². The van der Waals surface area contributed by atoms with Gasteiger partial charge in [-0.25, -0.2) is 4.79 Å². The standard InChI is InChI=1S/C7H7NO2.C2H3F3O/c9-7(10)8-6-4-2-1-3-5-6;3-2(4,5)1-6/h1-5,8H,(H,9,10);6H,1H2. The van der Waals surface area contributed by atoms with Crippen molar-refractivity contribution in [2.75, 3.05) is 11.9 Å². The van der Waals surface area contributed by atoms with Crippen molar-refractivity contribution in [3.05, 3.63) is 30.3 Å². The number of benzene rings is 1. The number of aliphatic hydroxyl groups excluding tert-OH is 1. The summed E-state index contributed by atoms with van der Waals surface area (Å²) in [5.41, 5.74) is 0.593. The van der Waals surface area contributed by atoms with Crippen molar-refractivity contribution < 1.29 is 28.2 Å². The van der Waals surface area contributed by atoms with Gasteiger partial charge >= 0.3 is 12.3 Å². The minimum atomic E-state index is -4.40. The van der Waals surface area contributed by atoms with Gasteiger partial charge in [0.1, 0.15) is 6.61 Å². The average Bonchev–Trinajstić information content (AvgIpc) is 2.18. The maximum absolute atomic E-state index is 10.5. The van der Waals surface area contributed by atoms with Gasteiger partial charge in [-0.1, -0.05) is 18.2 Å². The molecule has 0 bridgehead atoms. The minimum Gasteiger partial charge on any atom is -0.465 e. The summed E-state index contributed by atoms with van der Waals surface area (Å²) in [5.74, 6) is 0. The van der Waals surface area contributed by atoms with Crippen molar-refractivity contribution in [3.63, 3.8) is 0 Å². The zero-order valence-corrected chi connectivity index (χ0v) is 8.03. The van der Waals surface area contributed by atoms with Gasteiger partial charge in [-0.05, 0) is 12.1 Å². The lowest BCUT2D eigenvalue weighted by molar-refractivity contribution is -0.159. The highest BCUT2D eigenvalue weighted by atomic mass is 19.4. The smallest absolute Gasteiger partial charge is 0.411 e. The lowest BCUT2D eigenvalue weighted by Gasteiger charge is -1.96. The summed E-state index contributed by atoms with van der Waals surface area (Å²) in [7, 11) is 0. The van der Waals surface area contributed by atoms with E-state index in [4.69, 9.17) is 10.2 Å². The Bertz CT molecular complexity index is 314. The number of hydrogen-bond acceptors (Lipinski definition) is 2. The molecule has 0 aliphatic heterocycles. The van der Waals surface area contributed by atoms with Crippen LogP contribution in [-0.2, 0) is 0 Å². The highest BCUT2D eigenvalue weighted by Crippen LogP contribution is 2.11. The molecule has 1 aromatic rings. The van der Waals surface area contributed by atoms with E-state index in [1.165, 1.54) is 0 Å². The fourth-order valence-electron chi connectivity index (χ4n) is 0.645. The van der Waals surface area contributed by atoms with Crippen LogP contribution in [0.2, 0.25) is 0 Å². The molecule has 0 spiro atoms. The van der Waals surface area contributed by atoms with Crippen LogP contribution in [-0.4, -0.2) is 29.1 Å². The van der Waals surface area contributed by atoms with Crippen LogP contribution in [0.25, 0.3) is 0 Å². The third-order valence-electron chi connectivity index (χ3n) is 1.20. The number of halogens is 3. The van der Waals surface area contributed by atoms with Crippen molar-refractivity contribution in [1.29, 1.82) is 0 Å². The molecule has 0 saturated heterocycles. The van der Waals surface area contributed by atoms with Gasteiger partial charge < -0.3 is 10.2 Å². The molecule has 7 heteroatoms. The Labute approximate surface area is 89.3 Å². The van der Waals surface area contributed by atoms with Gasteiger partial charge in [-0.2, -0.15) is 13.2 Å². The number of aliphatic hydroxyl groups is 1. The first-order valence-electron chi connectivity index (χ1n) is 4.08. The van der Waals surface area contributed by atoms with E-state index in [1.807, 2.05) is 6.07 Å². The molecule has 0 aliphatic rings. The number of carboxylic acid groups (broad SMARTS) is 1. The quantitative estimate of drug-likeness (QED) is 0.702. The van der Waals surface area contributed by atoms with Crippen molar-refractivity contribution in [2.45, 2.75) is 6.18 Å². The van der Waals surface area contributed by atoms with Gasteiger partial charge in [-0.3, -0.25) is 5.32 Å². The zero-order valence-electron chi connectivity index (χ0n) is 8.03. The first kappa shape index (κ1) is 14.2. The molecule has 0 aliphatic carbocycles. The summed E-state index contributed by atoms with van der Waals surface area (Å²) in [6.07, 6.45) is -5.44. The molecule has 16 heavy (non-hydrogen) atoms. The molecular formula is C9H10F3NO3. The first-order valence-corrected chi connectivity index (χ1v) is 4.08. The van der Waals surface area contributed by atoms with Crippen LogP contribution in [0.1, 0.15) is 0 Å². The third kappa shape index (κ3) is 8.82. The molecule has 1 aromatic carbocycles. The topological polar surface area (TPSA) is 69.6 Å². The zero-order chi connectivity index (χ0) is 12.6. The lowest BCUT2D eigenvalue weighted by atomic mass is 10.3. The van der Waals surface area contributed by atoms with E-state index in [0.717, 1.165) is 0 Å². The third-order valence-corrected chi connectivity index (χ3v) is 1.20. The van der Waals surface area contributed by atoms with E-state index in [2.05, 4.69) is 5.32 Å². The van der Waals surface area contributed by atoms with Crippen LogP contribution in [0.4, 0.5) is 23.7 Å². The molecule has 0 saturated carbocycles. The van der Waals surface area contributed by atoms with Gasteiger partial charge in [-0.15, -0.1) is 0 Å². The predicted octanol–water partition coefficient (Wildman–Crippen LogP) is 2.32. The van der Waals surface area contributed by atoms with Crippen LogP contribution in [0.3, 0.4) is 0 Å². The number of anilines is 1. The second-order valence-electron chi connectivity index (χ2n) is 2.57. The molecule has 0 radical (unpaired) electrons. The lowest BCUT2D eigenvalue weighted by Crippen LogP contribution is -2.12. The van der Waals surface area contributed by atoms with Crippen molar-refractivity contribution >= 4 is 11.8 Å². The molecule has 3 N–H and O–H groups in total. The van der Waals surface area contributed by atoms with Crippen molar-refractivity contribution in [2.24, 2.45) is 0 Å². The molecule has 0 aromatic heterocycles. The molecule has 4 nitrogen and oxygen atoms in total. The van der Waals surface area contributed by atoms with E-state index in [-0.39, 0.29) is 0 Å². The van der Waals surface area contributed by atoms with Crippen LogP contribution in [0.15, 0.2) is 30.3 Å². The van der Waals surface area contributed by atoms with E-state index < -0.39 is 18.9 Å². The number of carbonyl (C=O) groups is 1. The van der Waals surface area contributed by atoms with Gasteiger partial charge in [0.25, 0.3) is 0 Å². The predicted molar refractivity (Wildman–Crippen MR) is 51.2 cm³/mol. The summed E-state index contributed by atoms with van der Waals surface area (Å²) in [5, 5.41) is 17.8. The number of rotatable bonds is 1. The highest BCUT2D eigenvalue weighted by Gasteiger charge is 2.24. The number of hydrogen-bond donors (Lipinski definition) is 3. The van der Waals surface area contributed by atoms with Gasteiger partial charge in [0, 0.05) is 5.69 Å². The Balaban J connectivity index is 0.000000325. The van der Waals surface area contributed by atoms with Crippen LogP contribution in [0.5, 0.6) is 0 Å². The Kier molecular flexibility index (Phi) is 5.94. The molecule has 1 amide bonds. The summed E-state index contributed by atoms with van der Waals surface area (Å²) >= 11 is 0. The maximum atomic E-state index is 10.5. The minimum absolute atomic E-state index is 0.593. The van der Waals surface area contributed by atoms with Crippen LogP contribution in [0, 0.1) is 0 Å². The number of para-hydroxylation sites is 1. The number of amides is 1. The Morgan fingerprint density at radius 3 is 2.00 bits per heavy atom. The van der Waals surface area contributed by atoms with Gasteiger partial charge in [0.2, 0.25) is 0 Å². The molecule has 0 atom stereocenters. The fourth-order valence-corrected chi connectivity index (χ4v) is 0.645. The Morgan fingerprint density at radius 1 is 1.25 bits per heavy atom. The first-order chi connectivity index (χ1) is 7.35. The largest absolute Gasteiger partial charge is 0.465 e. The van der Waals surface area contributed by atoms with E-state index in [1.54, 1.807) is 24.3 Å². The molecule has 0 heterocycles. The average molecular weight is 237 g/mol. The Hall–Kier alpha value is -1.76. The summed E-state index contributed by atoms with van der Waals surface area (Å²) < 4.78 is 31.6. The highest BCUT2D eigenvalue weighted by molar-refractivity contribution is 5.82. The van der Waals surface area contributed by atoms with Crippen molar-refractivity contribution in [3.8, 4) is 0 Å². The number of nitrogens with one attached hydrogen (secondary N) is 1. The van der Waals surface area contributed by atoms with E-state index in [9.17, 15) is 18.0 Å². The molecular weight excluding hydrogens is 227 g/mol. The second-order valence-corrected chi connectivity index (χ2v) is 2.57. The monoisotopic (exact) mass is 237 g/mol. The van der Waals surface area contributed by atoms with E-state index in [0.29, 0.717) is 5.69 Å². The fraction of sp³-hybridized carbons (Fsp3) is 0.222. The number of alkyl halides is 3. The molecule has 0 fully saturated rings. The summed E-state index contributed by atoms with van der Waals surface area (Å²) in [4.78, 5) is 10.1. The van der Waals surface area contributed by atoms with Crippen molar-refractivity contribution in [1.82, 2.24) is 0 Å². The van der Waals surface area contributed by atoms with E-state index >= 15 is 0 Å². The second kappa shape index (κ2) is 6.67.